The summed E-state index contributed by atoms with van der Waals surface area (Å²) >= 11 is 0. The summed E-state index contributed by atoms with van der Waals surface area (Å²) in [5, 5.41) is 0. The zero-order valence-corrected chi connectivity index (χ0v) is 9.43. The van der Waals surface area contributed by atoms with Crippen molar-refractivity contribution in [1.29, 1.82) is 0 Å². The summed E-state index contributed by atoms with van der Waals surface area (Å²) in [5.74, 6) is 0.954. The molecule has 4 nitrogen and oxygen atoms in total. The fourth-order valence-electron chi connectivity index (χ4n) is 1.63. The van der Waals surface area contributed by atoms with Crippen molar-refractivity contribution < 1.29 is 14.2 Å². The number of methoxy groups -OCH3 is 1. The Morgan fingerprint density at radius 3 is 2.62 bits per heavy atom. The zero-order chi connectivity index (χ0) is 11.5. The van der Waals surface area contributed by atoms with Gasteiger partial charge in [-0.05, 0) is 31.2 Å². The highest BCUT2D eigenvalue weighted by atomic mass is 16.5. The van der Waals surface area contributed by atoms with Crippen LogP contribution < -0.4 is 10.2 Å². The van der Waals surface area contributed by atoms with Gasteiger partial charge in [0.25, 0.3) is 5.91 Å². The normalized spacial score (nSPS) is 22.2. The van der Waals surface area contributed by atoms with Gasteiger partial charge in [-0.25, -0.2) is 0 Å². The molecule has 1 atom stereocenters. The predicted molar refractivity (Wildman–Crippen MR) is 60.6 cm³/mol. The Morgan fingerprint density at radius 1 is 1.44 bits per heavy atom. The van der Waals surface area contributed by atoms with Gasteiger partial charge in [0.05, 0.1) is 7.11 Å². The first-order valence-electron chi connectivity index (χ1n) is 5.25. The number of hydrogen-bond acceptors (Lipinski definition) is 2. The van der Waals surface area contributed by atoms with E-state index in [9.17, 15) is 4.79 Å². The van der Waals surface area contributed by atoms with Gasteiger partial charge in [-0.3, -0.25) is 4.79 Å². The molecule has 0 radical (unpaired) electrons. The Bertz CT molecular complexity index is 423. The zero-order valence-electron chi connectivity index (χ0n) is 9.43. The van der Waals surface area contributed by atoms with E-state index in [0.29, 0.717) is 6.54 Å². The molecule has 0 spiro atoms. The number of rotatable bonds is 2. The van der Waals surface area contributed by atoms with Crippen LogP contribution in [0.4, 0.5) is 0 Å². The first kappa shape index (κ1) is 10.7. The maximum Gasteiger partial charge on any atom is 0.283 e. The average Bonchev–Trinajstić information content (AvgIpc) is 2.59. The molecular formula is C12H15N2O2+. The number of nitrogens with zero attached hydrogens (tertiary/aromatic N) is 1. The van der Waals surface area contributed by atoms with E-state index in [2.05, 4.69) is 5.43 Å². The average molecular weight is 219 g/mol. The minimum absolute atomic E-state index is 0.0505. The Balaban J connectivity index is 2.14. The number of carbonyl (C=O) groups excluding carboxylic acids is 1. The third-order valence-corrected chi connectivity index (χ3v) is 2.59. The third kappa shape index (κ3) is 2.21. The van der Waals surface area contributed by atoms with Gasteiger partial charge in [-0.1, -0.05) is 0 Å². The minimum atomic E-state index is 0.0505. The molecule has 2 rings (SSSR count). The Morgan fingerprint density at radius 2 is 2.12 bits per heavy atom. The van der Waals surface area contributed by atoms with Crippen molar-refractivity contribution in [2.24, 2.45) is 5.92 Å². The van der Waals surface area contributed by atoms with Crippen molar-refractivity contribution in [3.8, 4) is 5.75 Å². The van der Waals surface area contributed by atoms with E-state index in [0.717, 1.165) is 11.3 Å². The lowest BCUT2D eigenvalue weighted by Gasteiger charge is -1.98. The van der Waals surface area contributed by atoms with Crippen LogP contribution in [-0.2, 0) is 4.79 Å². The quantitative estimate of drug-likeness (QED) is 0.748. The highest BCUT2D eigenvalue weighted by Gasteiger charge is 2.29. The van der Waals surface area contributed by atoms with Crippen molar-refractivity contribution in [3.05, 3.63) is 29.8 Å². The number of amides is 1. The summed E-state index contributed by atoms with van der Waals surface area (Å²) < 4.78 is 6.89. The van der Waals surface area contributed by atoms with Crippen molar-refractivity contribution in [2.75, 3.05) is 13.7 Å². The molecule has 0 bridgehead atoms. The molecule has 16 heavy (non-hydrogen) atoms. The van der Waals surface area contributed by atoms with Gasteiger partial charge in [0, 0.05) is 5.56 Å². The fraction of sp³-hybridized carbons (Fsp3) is 0.333. The molecule has 1 heterocycles. The second kappa shape index (κ2) is 4.35. The molecule has 0 saturated carbocycles. The van der Waals surface area contributed by atoms with Crippen LogP contribution in [0.15, 0.2) is 24.3 Å². The molecule has 0 unspecified atom stereocenters. The third-order valence-electron chi connectivity index (χ3n) is 2.59. The summed E-state index contributed by atoms with van der Waals surface area (Å²) in [6.45, 7) is 2.63. The first-order chi connectivity index (χ1) is 7.69. The molecule has 1 fully saturated rings. The van der Waals surface area contributed by atoms with Crippen molar-refractivity contribution in [1.82, 2.24) is 5.43 Å². The summed E-state index contributed by atoms with van der Waals surface area (Å²) in [6, 6.07) is 7.70. The molecular weight excluding hydrogens is 204 g/mol. The van der Waals surface area contributed by atoms with Crippen LogP contribution in [0, 0.1) is 5.92 Å². The monoisotopic (exact) mass is 219 g/mol. The molecule has 1 aromatic rings. The highest BCUT2D eigenvalue weighted by molar-refractivity contribution is 5.81. The number of hydrogen-bond donors (Lipinski definition) is 1. The van der Waals surface area contributed by atoms with Crippen LogP contribution in [0.25, 0.3) is 0 Å². The van der Waals surface area contributed by atoms with Crippen LogP contribution in [0.5, 0.6) is 5.75 Å². The van der Waals surface area contributed by atoms with E-state index in [4.69, 9.17) is 4.74 Å². The van der Waals surface area contributed by atoms with Gasteiger partial charge in [0.1, 0.15) is 11.7 Å². The van der Waals surface area contributed by atoms with Gasteiger partial charge in [-0.2, -0.15) is 0 Å². The molecule has 0 aliphatic carbocycles. The van der Waals surface area contributed by atoms with Crippen LogP contribution >= 0.6 is 0 Å². The lowest BCUT2D eigenvalue weighted by Crippen LogP contribution is -2.25. The maximum atomic E-state index is 11.3. The number of benzene rings is 1. The first-order valence-corrected chi connectivity index (χ1v) is 5.25. The minimum Gasteiger partial charge on any atom is -0.497 e. The van der Waals surface area contributed by atoms with Gasteiger partial charge in [0.15, 0.2) is 6.54 Å². The van der Waals surface area contributed by atoms with Crippen molar-refractivity contribution in [3.63, 3.8) is 0 Å². The number of ether oxygens (including phenoxy) is 1. The van der Waals surface area contributed by atoms with E-state index in [-0.39, 0.29) is 11.8 Å². The van der Waals surface area contributed by atoms with Crippen LogP contribution in [0.3, 0.4) is 0 Å². The lowest BCUT2D eigenvalue weighted by atomic mass is 10.2. The van der Waals surface area contributed by atoms with E-state index in [1.807, 2.05) is 42.1 Å². The number of hydrazine groups is 1. The molecule has 0 aromatic heterocycles. The highest BCUT2D eigenvalue weighted by Crippen LogP contribution is 2.10. The fourth-order valence-corrected chi connectivity index (χ4v) is 1.63. The SMILES string of the molecule is COc1ccc(/C=[N+]2\C[C@@H](C)C(=O)N2)cc1. The lowest BCUT2D eigenvalue weighted by molar-refractivity contribution is -0.556. The molecule has 4 heteroatoms. The smallest absolute Gasteiger partial charge is 0.283 e. The van der Waals surface area contributed by atoms with Gasteiger partial charge in [-0.15, -0.1) is 10.1 Å². The number of carbonyl (C=O) groups is 1. The van der Waals surface area contributed by atoms with Gasteiger partial charge >= 0.3 is 0 Å². The Kier molecular flexibility index (Phi) is 2.90. The largest absolute Gasteiger partial charge is 0.497 e. The number of nitrogens with one attached hydrogen (secondary N) is 1. The van der Waals surface area contributed by atoms with E-state index < -0.39 is 0 Å². The van der Waals surface area contributed by atoms with Crippen LogP contribution in [0.2, 0.25) is 0 Å². The molecule has 1 aliphatic rings. The van der Waals surface area contributed by atoms with Crippen molar-refractivity contribution >= 4 is 12.1 Å². The maximum absolute atomic E-state index is 11.3. The standard InChI is InChI=1S/C12H14N2O2/c1-9-7-14(13-12(9)15)8-10-3-5-11(16-2)6-4-10/h3-6,8-9H,7H2,1-2H3/p+1/b14-8+/t9-/m1/s1. The molecule has 1 amide bonds. The van der Waals surface area contributed by atoms with E-state index >= 15 is 0 Å². The topological polar surface area (TPSA) is 41.3 Å². The van der Waals surface area contributed by atoms with Crippen molar-refractivity contribution in [2.45, 2.75) is 6.92 Å². The second-order valence-corrected chi connectivity index (χ2v) is 3.93. The summed E-state index contributed by atoms with van der Waals surface area (Å²) in [7, 11) is 1.64. The molecule has 1 aliphatic heterocycles. The summed E-state index contributed by atoms with van der Waals surface area (Å²) in [5.41, 5.74) is 3.83. The molecule has 1 saturated heterocycles. The molecule has 84 valence electrons. The number of hydrazone groups is 1. The van der Waals surface area contributed by atoms with Gasteiger partial charge < -0.3 is 4.74 Å². The summed E-state index contributed by atoms with van der Waals surface area (Å²) in [4.78, 5) is 11.3. The van der Waals surface area contributed by atoms with Crippen LogP contribution in [-0.4, -0.2) is 30.5 Å². The Hall–Kier alpha value is -1.84. The van der Waals surface area contributed by atoms with E-state index in [1.165, 1.54) is 0 Å². The second-order valence-electron chi connectivity index (χ2n) is 3.93. The summed E-state index contributed by atoms with van der Waals surface area (Å²) in [6.07, 6.45) is 1.92. The molecule has 1 aromatic carbocycles. The van der Waals surface area contributed by atoms with Crippen LogP contribution in [0.1, 0.15) is 12.5 Å². The van der Waals surface area contributed by atoms with E-state index in [1.54, 1.807) is 7.11 Å². The Labute approximate surface area is 94.5 Å². The molecule has 1 N–H and O–H groups in total. The predicted octanol–water partition coefficient (Wildman–Crippen LogP) is 0.807. The van der Waals surface area contributed by atoms with Gasteiger partial charge in [0.2, 0.25) is 6.21 Å².